The Balaban J connectivity index is 2.20. The Kier molecular flexibility index (Phi) is 12.1. The molecule has 0 aliphatic heterocycles. The molecular weight excluding hydrogens is 506 g/mol. The van der Waals surface area contributed by atoms with E-state index in [4.69, 9.17) is 11.5 Å². The number of hydrogen-bond acceptors (Lipinski definition) is 7. The Morgan fingerprint density at radius 3 is 2.21 bits per heavy atom. The van der Waals surface area contributed by atoms with Crippen LogP contribution in [0.25, 0.3) is 0 Å². The molecule has 212 valence electrons. The van der Waals surface area contributed by atoms with Crippen LogP contribution in [-0.2, 0) is 36.8 Å². The topological polar surface area (TPSA) is 222 Å². The van der Waals surface area contributed by atoms with E-state index in [2.05, 4.69) is 25.9 Å². The van der Waals surface area contributed by atoms with Gasteiger partial charge in [0.05, 0.1) is 12.4 Å². The first-order valence-corrected chi connectivity index (χ1v) is 12.7. The smallest absolute Gasteiger partial charge is 0.326 e. The maximum atomic E-state index is 13.4. The number of imidazole rings is 1. The van der Waals surface area contributed by atoms with Crippen molar-refractivity contribution in [1.29, 1.82) is 0 Å². The van der Waals surface area contributed by atoms with Crippen LogP contribution in [0.4, 0.5) is 0 Å². The molecule has 0 bridgehead atoms. The van der Waals surface area contributed by atoms with E-state index in [0.29, 0.717) is 17.7 Å². The fourth-order valence-corrected chi connectivity index (χ4v) is 3.80. The van der Waals surface area contributed by atoms with Gasteiger partial charge in [0.15, 0.2) is 0 Å². The summed E-state index contributed by atoms with van der Waals surface area (Å²) in [7, 11) is 0. The van der Waals surface area contributed by atoms with Gasteiger partial charge in [0.1, 0.15) is 18.1 Å². The lowest BCUT2D eigenvalue weighted by Gasteiger charge is -2.28. The Bertz CT molecular complexity index is 1110. The zero-order valence-electron chi connectivity index (χ0n) is 22.1. The van der Waals surface area contributed by atoms with Crippen molar-refractivity contribution in [3.05, 3.63) is 54.1 Å². The van der Waals surface area contributed by atoms with Crippen LogP contribution >= 0.6 is 0 Å². The molecule has 1 aromatic carbocycles. The fourth-order valence-electron chi connectivity index (χ4n) is 3.80. The number of carbonyl (C=O) groups is 5. The molecule has 5 atom stereocenters. The molecule has 0 saturated carbocycles. The van der Waals surface area contributed by atoms with E-state index >= 15 is 0 Å². The molecule has 9 N–H and O–H groups in total. The van der Waals surface area contributed by atoms with E-state index in [1.807, 2.05) is 6.92 Å². The number of aromatic nitrogens is 2. The molecule has 0 fully saturated rings. The number of hydrogen-bond donors (Lipinski definition) is 7. The predicted octanol–water partition coefficient (Wildman–Crippen LogP) is -0.627. The summed E-state index contributed by atoms with van der Waals surface area (Å²) in [5.41, 5.74) is 12.2. The summed E-state index contributed by atoms with van der Waals surface area (Å²) in [5, 5.41) is 17.5. The molecule has 0 spiro atoms. The number of rotatable bonds is 16. The summed E-state index contributed by atoms with van der Waals surface area (Å²) in [6.45, 7) is 3.59. The van der Waals surface area contributed by atoms with Crippen molar-refractivity contribution in [3.8, 4) is 0 Å². The number of nitrogens with zero attached hydrogens (tertiary/aromatic N) is 1. The van der Waals surface area contributed by atoms with Crippen LogP contribution in [0, 0.1) is 5.92 Å². The summed E-state index contributed by atoms with van der Waals surface area (Å²) < 4.78 is 0. The monoisotopic (exact) mass is 543 g/mol. The van der Waals surface area contributed by atoms with Gasteiger partial charge in [0, 0.05) is 31.2 Å². The summed E-state index contributed by atoms with van der Waals surface area (Å²) in [5.74, 6) is -4.16. The molecule has 2 rings (SSSR count). The van der Waals surface area contributed by atoms with Gasteiger partial charge >= 0.3 is 5.97 Å². The quantitative estimate of drug-likeness (QED) is 0.144. The van der Waals surface area contributed by atoms with E-state index in [0.717, 1.165) is 0 Å². The van der Waals surface area contributed by atoms with Crippen LogP contribution in [0.3, 0.4) is 0 Å². The predicted molar refractivity (Wildman–Crippen MR) is 142 cm³/mol. The van der Waals surface area contributed by atoms with Gasteiger partial charge in [-0.25, -0.2) is 9.78 Å². The van der Waals surface area contributed by atoms with Crippen molar-refractivity contribution in [2.24, 2.45) is 17.4 Å². The van der Waals surface area contributed by atoms with Crippen molar-refractivity contribution in [2.75, 3.05) is 0 Å². The van der Waals surface area contributed by atoms with E-state index in [1.165, 1.54) is 12.5 Å². The fraction of sp³-hybridized carbons (Fsp3) is 0.462. The van der Waals surface area contributed by atoms with Gasteiger partial charge in [-0.3, -0.25) is 19.2 Å². The second-order valence-corrected chi connectivity index (χ2v) is 9.41. The summed E-state index contributed by atoms with van der Waals surface area (Å²) >= 11 is 0. The Hall–Kier alpha value is -4.26. The van der Waals surface area contributed by atoms with Gasteiger partial charge in [0.25, 0.3) is 0 Å². The highest BCUT2D eigenvalue weighted by Gasteiger charge is 2.33. The molecule has 39 heavy (non-hydrogen) atoms. The third-order valence-electron chi connectivity index (χ3n) is 6.34. The number of aliphatic carboxylic acids is 1. The van der Waals surface area contributed by atoms with Crippen LogP contribution in [0.5, 0.6) is 0 Å². The largest absolute Gasteiger partial charge is 0.480 e. The molecule has 1 heterocycles. The van der Waals surface area contributed by atoms with Crippen LogP contribution in [0.1, 0.15) is 44.4 Å². The van der Waals surface area contributed by atoms with E-state index in [1.54, 1.807) is 37.3 Å². The highest BCUT2D eigenvalue weighted by atomic mass is 16.4. The van der Waals surface area contributed by atoms with Crippen LogP contribution in [0.15, 0.2) is 42.9 Å². The average molecular weight is 544 g/mol. The maximum absolute atomic E-state index is 13.4. The van der Waals surface area contributed by atoms with Crippen LogP contribution < -0.4 is 27.4 Å². The molecule has 1 aromatic heterocycles. The summed E-state index contributed by atoms with van der Waals surface area (Å²) in [4.78, 5) is 69.0. The average Bonchev–Trinajstić information content (AvgIpc) is 3.42. The number of amides is 4. The molecular formula is C26H37N7O6. The van der Waals surface area contributed by atoms with Gasteiger partial charge < -0.3 is 37.5 Å². The minimum Gasteiger partial charge on any atom is -0.480 e. The molecule has 4 amide bonds. The van der Waals surface area contributed by atoms with Crippen molar-refractivity contribution in [3.63, 3.8) is 0 Å². The number of benzene rings is 1. The molecule has 2 aromatic rings. The zero-order valence-corrected chi connectivity index (χ0v) is 22.1. The van der Waals surface area contributed by atoms with Crippen molar-refractivity contribution in [1.82, 2.24) is 25.9 Å². The first-order chi connectivity index (χ1) is 18.5. The molecule has 0 radical (unpaired) electrons. The highest BCUT2D eigenvalue weighted by Crippen LogP contribution is 2.11. The van der Waals surface area contributed by atoms with E-state index < -0.39 is 53.8 Å². The number of primary amides is 1. The lowest BCUT2D eigenvalue weighted by atomic mass is 9.96. The zero-order chi connectivity index (χ0) is 28.9. The van der Waals surface area contributed by atoms with Gasteiger partial charge in [0.2, 0.25) is 23.6 Å². The molecule has 0 aliphatic rings. The molecule has 13 nitrogen and oxygen atoms in total. The number of nitrogens with one attached hydrogen (secondary N) is 4. The van der Waals surface area contributed by atoms with Crippen LogP contribution in [-0.4, -0.2) is 68.8 Å². The molecule has 13 heteroatoms. The van der Waals surface area contributed by atoms with E-state index in [9.17, 15) is 29.1 Å². The van der Waals surface area contributed by atoms with Crippen molar-refractivity contribution in [2.45, 2.75) is 70.1 Å². The number of aromatic amines is 1. The second-order valence-electron chi connectivity index (χ2n) is 9.41. The lowest BCUT2D eigenvalue weighted by molar-refractivity contribution is -0.142. The normalized spacial score (nSPS) is 14.7. The van der Waals surface area contributed by atoms with Gasteiger partial charge in [-0.2, -0.15) is 0 Å². The third-order valence-corrected chi connectivity index (χ3v) is 6.34. The first kappa shape index (κ1) is 31.0. The van der Waals surface area contributed by atoms with Gasteiger partial charge in [-0.05, 0) is 17.9 Å². The molecule has 0 saturated heterocycles. The number of carboxylic acid groups (broad SMARTS) is 1. The Morgan fingerprint density at radius 2 is 1.64 bits per heavy atom. The van der Waals surface area contributed by atoms with Crippen molar-refractivity contribution < 1.29 is 29.1 Å². The lowest BCUT2D eigenvalue weighted by Crippen LogP contribution is -2.59. The minimum absolute atomic E-state index is 0.00541. The minimum atomic E-state index is -1.24. The summed E-state index contributed by atoms with van der Waals surface area (Å²) in [6.07, 6.45) is 3.38. The molecule has 5 unspecified atom stereocenters. The SMILES string of the molecule is CCC(C)C(NC(=O)C(N)CCC(N)=O)C(=O)NC(Cc1cnc[nH]1)C(=O)NC(Cc1ccccc1)C(=O)O. The number of carboxylic acids is 1. The van der Waals surface area contributed by atoms with Crippen molar-refractivity contribution >= 4 is 29.6 Å². The Morgan fingerprint density at radius 1 is 0.974 bits per heavy atom. The molecule has 0 aliphatic carbocycles. The van der Waals surface area contributed by atoms with Gasteiger partial charge in [-0.15, -0.1) is 0 Å². The maximum Gasteiger partial charge on any atom is 0.326 e. The van der Waals surface area contributed by atoms with E-state index in [-0.39, 0.29) is 31.6 Å². The first-order valence-electron chi connectivity index (χ1n) is 12.7. The standard InChI is InChI=1S/C26H37N7O6/c1-3-15(2)22(33-23(35)18(27)9-10-21(28)34)25(37)31-19(12-17-13-29-14-30-17)24(36)32-20(26(38)39)11-16-7-5-4-6-8-16/h4-8,13-15,18-20,22H,3,9-12,27H2,1-2H3,(H2,28,34)(H,29,30)(H,31,37)(H,32,36)(H,33,35)(H,38,39). The number of nitrogens with two attached hydrogens (primary N) is 2. The number of H-pyrrole nitrogens is 1. The second kappa shape index (κ2) is 15.2. The summed E-state index contributed by atoms with van der Waals surface area (Å²) in [6, 6.07) is 4.30. The van der Waals surface area contributed by atoms with Crippen LogP contribution in [0.2, 0.25) is 0 Å². The highest BCUT2D eigenvalue weighted by molar-refractivity contribution is 5.94. The number of carbonyl (C=O) groups excluding carboxylic acids is 4. The van der Waals surface area contributed by atoms with Gasteiger partial charge in [-0.1, -0.05) is 50.6 Å². The third kappa shape index (κ3) is 10.2. The Labute approximate surface area is 226 Å².